The molecule has 0 bridgehead atoms. The van der Waals surface area contributed by atoms with Crippen LogP contribution in [0, 0.1) is 0 Å². The quantitative estimate of drug-likeness (QED) is 0.857. The van der Waals surface area contributed by atoms with Crippen molar-refractivity contribution < 1.29 is 14.3 Å². The van der Waals surface area contributed by atoms with Gasteiger partial charge in [0, 0.05) is 24.3 Å². The molecular formula is C18H25NO3. The molecule has 0 spiro atoms. The first-order valence-electron chi connectivity index (χ1n) is 8.13. The maximum Gasteiger partial charge on any atom is 0.161 e. The monoisotopic (exact) mass is 303 g/mol. The van der Waals surface area contributed by atoms with Crippen molar-refractivity contribution in [2.75, 3.05) is 27.3 Å². The van der Waals surface area contributed by atoms with E-state index >= 15 is 0 Å². The van der Waals surface area contributed by atoms with E-state index < -0.39 is 0 Å². The van der Waals surface area contributed by atoms with Crippen LogP contribution in [0.25, 0.3) is 0 Å². The summed E-state index contributed by atoms with van der Waals surface area (Å²) in [5, 5.41) is 0. The van der Waals surface area contributed by atoms with Gasteiger partial charge in [0.2, 0.25) is 0 Å². The van der Waals surface area contributed by atoms with Crippen molar-refractivity contribution in [3.8, 4) is 11.5 Å². The van der Waals surface area contributed by atoms with Crippen molar-refractivity contribution in [2.24, 2.45) is 0 Å². The Bertz CT molecular complexity index is 571. The molecule has 0 unspecified atom stereocenters. The Labute approximate surface area is 132 Å². The van der Waals surface area contributed by atoms with Gasteiger partial charge < -0.3 is 9.47 Å². The molecule has 3 rings (SSSR count). The number of methoxy groups -OCH3 is 2. The lowest BCUT2D eigenvalue weighted by molar-refractivity contribution is -0.122. The van der Waals surface area contributed by atoms with Gasteiger partial charge in [0.25, 0.3) is 0 Å². The SMILES string of the molecule is CCN1CC[C@]2(c3ccc(OC)c(OC)c3)CCC(=O)C[C@H]12. The van der Waals surface area contributed by atoms with E-state index in [2.05, 4.69) is 24.0 Å². The molecule has 0 radical (unpaired) electrons. The molecule has 4 heteroatoms. The number of likely N-dealkylation sites (N-methyl/N-ethyl adjacent to an activating group) is 1. The number of likely N-dealkylation sites (tertiary alicyclic amines) is 1. The third kappa shape index (κ3) is 2.30. The fraction of sp³-hybridized carbons (Fsp3) is 0.611. The van der Waals surface area contributed by atoms with Crippen LogP contribution < -0.4 is 9.47 Å². The summed E-state index contributed by atoms with van der Waals surface area (Å²) in [6, 6.07) is 6.59. The molecule has 1 aromatic rings. The van der Waals surface area contributed by atoms with E-state index in [4.69, 9.17) is 9.47 Å². The highest BCUT2D eigenvalue weighted by Crippen LogP contribution is 2.49. The standard InChI is InChI=1S/C18H25NO3/c1-4-19-10-9-18(8-7-14(20)12-17(18)19)13-5-6-15(21-2)16(11-13)22-3/h5-6,11,17H,4,7-10,12H2,1-3H3/t17-,18-/m0/s1. The molecule has 1 aromatic carbocycles. The third-order valence-electron chi connectivity index (χ3n) is 5.56. The second-order valence-corrected chi connectivity index (χ2v) is 6.36. The molecule has 1 saturated heterocycles. The van der Waals surface area contributed by atoms with Crippen LogP contribution in [0.4, 0.5) is 0 Å². The molecule has 2 aliphatic rings. The highest BCUT2D eigenvalue weighted by molar-refractivity contribution is 5.81. The summed E-state index contributed by atoms with van der Waals surface area (Å²) in [5.74, 6) is 1.94. The van der Waals surface area contributed by atoms with Crippen LogP contribution in [0.3, 0.4) is 0 Å². The highest BCUT2D eigenvalue weighted by Gasteiger charge is 2.50. The largest absolute Gasteiger partial charge is 0.493 e. The Balaban J connectivity index is 2.02. The summed E-state index contributed by atoms with van der Waals surface area (Å²) < 4.78 is 10.8. The number of nitrogens with zero attached hydrogens (tertiary/aromatic N) is 1. The molecule has 0 N–H and O–H groups in total. The Morgan fingerprint density at radius 2 is 2.00 bits per heavy atom. The average Bonchev–Trinajstić information content (AvgIpc) is 2.93. The van der Waals surface area contributed by atoms with Crippen LogP contribution in [0.1, 0.15) is 38.2 Å². The van der Waals surface area contributed by atoms with Crippen molar-refractivity contribution in [3.05, 3.63) is 23.8 Å². The number of Topliss-reactive ketones (excluding diaryl/α,β-unsaturated/α-hetero) is 1. The predicted molar refractivity (Wildman–Crippen MR) is 85.7 cm³/mol. The number of fused-ring (bicyclic) bond motifs is 1. The van der Waals surface area contributed by atoms with Gasteiger partial charge in [-0.3, -0.25) is 9.69 Å². The molecule has 2 fully saturated rings. The summed E-state index contributed by atoms with van der Waals surface area (Å²) in [6.07, 6.45) is 3.45. The summed E-state index contributed by atoms with van der Waals surface area (Å²) in [7, 11) is 3.33. The van der Waals surface area contributed by atoms with Crippen molar-refractivity contribution in [2.45, 2.75) is 44.1 Å². The molecule has 1 saturated carbocycles. The van der Waals surface area contributed by atoms with Crippen molar-refractivity contribution in [1.82, 2.24) is 4.90 Å². The summed E-state index contributed by atoms with van der Waals surface area (Å²) in [4.78, 5) is 14.5. The molecular weight excluding hydrogens is 278 g/mol. The zero-order valence-electron chi connectivity index (χ0n) is 13.7. The van der Waals surface area contributed by atoms with E-state index in [0.717, 1.165) is 37.4 Å². The van der Waals surface area contributed by atoms with Crippen molar-refractivity contribution in [3.63, 3.8) is 0 Å². The van der Waals surface area contributed by atoms with E-state index in [1.807, 2.05) is 6.07 Å². The maximum absolute atomic E-state index is 12.0. The summed E-state index contributed by atoms with van der Waals surface area (Å²) in [5.41, 5.74) is 1.38. The number of hydrogen-bond acceptors (Lipinski definition) is 4. The van der Waals surface area contributed by atoms with Crippen LogP contribution in [0.2, 0.25) is 0 Å². The lowest BCUT2D eigenvalue weighted by Gasteiger charge is -2.41. The number of benzene rings is 1. The molecule has 1 aliphatic heterocycles. The highest BCUT2D eigenvalue weighted by atomic mass is 16.5. The number of rotatable bonds is 4. The van der Waals surface area contributed by atoms with Crippen molar-refractivity contribution >= 4 is 5.78 Å². The minimum Gasteiger partial charge on any atom is -0.493 e. The molecule has 22 heavy (non-hydrogen) atoms. The number of hydrogen-bond donors (Lipinski definition) is 0. The van der Waals surface area contributed by atoms with E-state index in [-0.39, 0.29) is 5.41 Å². The Hall–Kier alpha value is -1.55. The Kier molecular flexibility index (Phi) is 4.13. The van der Waals surface area contributed by atoms with Crippen LogP contribution in [-0.4, -0.2) is 44.0 Å². The number of carbonyl (C=O) groups excluding carboxylic acids is 1. The van der Waals surface area contributed by atoms with Gasteiger partial charge in [-0.05, 0) is 43.6 Å². The Morgan fingerprint density at radius 1 is 1.23 bits per heavy atom. The smallest absolute Gasteiger partial charge is 0.161 e. The first-order chi connectivity index (χ1) is 10.6. The van der Waals surface area contributed by atoms with Crippen LogP contribution in [0.5, 0.6) is 11.5 Å². The lowest BCUT2D eigenvalue weighted by Crippen LogP contribution is -2.47. The summed E-state index contributed by atoms with van der Waals surface area (Å²) in [6.45, 7) is 4.26. The third-order valence-corrected chi connectivity index (χ3v) is 5.56. The summed E-state index contributed by atoms with van der Waals surface area (Å²) >= 11 is 0. The average molecular weight is 303 g/mol. The normalized spacial score (nSPS) is 28.5. The Morgan fingerprint density at radius 3 is 2.68 bits per heavy atom. The van der Waals surface area contributed by atoms with E-state index in [0.29, 0.717) is 24.7 Å². The molecule has 1 aliphatic carbocycles. The number of ketones is 1. The first kappa shape index (κ1) is 15.3. The molecule has 2 atom stereocenters. The van der Waals surface area contributed by atoms with Crippen LogP contribution in [-0.2, 0) is 10.2 Å². The fourth-order valence-corrected chi connectivity index (χ4v) is 4.32. The lowest BCUT2D eigenvalue weighted by atomic mass is 9.66. The zero-order valence-corrected chi connectivity index (χ0v) is 13.7. The second kappa shape index (κ2) is 5.92. The number of ether oxygens (including phenoxy) is 2. The van der Waals surface area contributed by atoms with Crippen molar-refractivity contribution in [1.29, 1.82) is 0 Å². The van der Waals surface area contributed by atoms with Gasteiger partial charge in [0.05, 0.1) is 14.2 Å². The molecule has 0 amide bonds. The first-order valence-corrected chi connectivity index (χ1v) is 8.13. The predicted octanol–water partition coefficient (Wildman–Crippen LogP) is 2.79. The minimum absolute atomic E-state index is 0.0868. The van der Waals surface area contributed by atoms with Gasteiger partial charge in [-0.2, -0.15) is 0 Å². The molecule has 4 nitrogen and oxygen atoms in total. The molecule has 1 heterocycles. The van der Waals surface area contributed by atoms with Crippen LogP contribution >= 0.6 is 0 Å². The molecule has 0 aromatic heterocycles. The fourth-order valence-electron chi connectivity index (χ4n) is 4.32. The topological polar surface area (TPSA) is 38.8 Å². The van der Waals surface area contributed by atoms with Gasteiger partial charge in [-0.15, -0.1) is 0 Å². The van der Waals surface area contributed by atoms with E-state index in [1.165, 1.54) is 5.56 Å². The number of carbonyl (C=O) groups is 1. The molecule has 120 valence electrons. The maximum atomic E-state index is 12.0. The van der Waals surface area contributed by atoms with Gasteiger partial charge in [0.1, 0.15) is 5.78 Å². The van der Waals surface area contributed by atoms with Gasteiger partial charge in [-0.1, -0.05) is 13.0 Å². The van der Waals surface area contributed by atoms with E-state index in [9.17, 15) is 4.79 Å². The van der Waals surface area contributed by atoms with Gasteiger partial charge in [0.15, 0.2) is 11.5 Å². The minimum atomic E-state index is 0.0868. The van der Waals surface area contributed by atoms with Crippen LogP contribution in [0.15, 0.2) is 18.2 Å². The van der Waals surface area contributed by atoms with E-state index in [1.54, 1.807) is 14.2 Å². The van der Waals surface area contributed by atoms with Gasteiger partial charge in [-0.25, -0.2) is 0 Å². The second-order valence-electron chi connectivity index (χ2n) is 6.36. The zero-order chi connectivity index (χ0) is 15.7. The van der Waals surface area contributed by atoms with Gasteiger partial charge >= 0.3 is 0 Å².